The topological polar surface area (TPSA) is 36.4 Å². The van der Waals surface area contributed by atoms with E-state index in [9.17, 15) is 9.18 Å². The molecule has 0 N–H and O–H groups in total. The molecule has 0 atom stereocenters. The highest BCUT2D eigenvalue weighted by Gasteiger charge is 2.23. The van der Waals surface area contributed by atoms with Crippen LogP contribution in [0.5, 0.6) is 0 Å². The summed E-state index contributed by atoms with van der Waals surface area (Å²) in [4.78, 5) is 23.6. The number of benzene rings is 2. The van der Waals surface area contributed by atoms with Crippen molar-refractivity contribution in [2.45, 2.75) is 9.79 Å². The van der Waals surface area contributed by atoms with Crippen LogP contribution >= 0.6 is 34.9 Å². The van der Waals surface area contributed by atoms with Crippen molar-refractivity contribution in [1.82, 2.24) is 9.88 Å². The highest BCUT2D eigenvalue weighted by Crippen LogP contribution is 2.32. The van der Waals surface area contributed by atoms with Crippen molar-refractivity contribution in [3.8, 4) is 0 Å². The Morgan fingerprint density at radius 3 is 2.54 bits per heavy atom. The number of rotatable bonds is 5. The summed E-state index contributed by atoms with van der Waals surface area (Å²) in [6.45, 7) is 2.99. The number of piperazine rings is 1. The van der Waals surface area contributed by atoms with E-state index in [-0.39, 0.29) is 11.7 Å². The monoisotopic (exact) mass is 433 g/mol. The number of carbonyl (C=O) groups excluding carboxylic acids is 1. The Bertz CT molecular complexity index is 968. The van der Waals surface area contributed by atoms with Crippen molar-refractivity contribution in [3.63, 3.8) is 0 Å². The number of nitrogens with zero attached hydrogens (tertiary/aromatic N) is 3. The summed E-state index contributed by atoms with van der Waals surface area (Å²) in [5.41, 5.74) is 1.03. The fourth-order valence-corrected chi connectivity index (χ4v) is 5.44. The summed E-state index contributed by atoms with van der Waals surface area (Å²) in [5.74, 6) is 0.249. The molecular formula is C20H20FN3OS3. The predicted molar refractivity (Wildman–Crippen MR) is 117 cm³/mol. The molecule has 1 amide bonds. The number of thiazole rings is 1. The molecule has 1 fully saturated rings. The zero-order valence-electron chi connectivity index (χ0n) is 15.4. The molecule has 0 radical (unpaired) electrons. The maximum absolute atomic E-state index is 13.0. The Morgan fingerprint density at radius 1 is 1.11 bits per heavy atom. The summed E-state index contributed by atoms with van der Waals surface area (Å²) in [7, 11) is 0. The summed E-state index contributed by atoms with van der Waals surface area (Å²) in [5, 5.41) is 1.03. The van der Waals surface area contributed by atoms with Crippen molar-refractivity contribution < 1.29 is 9.18 Å². The van der Waals surface area contributed by atoms with Crippen LogP contribution in [-0.4, -0.2) is 54.0 Å². The molecule has 3 aromatic rings. The third-order valence-corrected chi connectivity index (χ3v) is 7.46. The molecule has 4 nitrogen and oxygen atoms in total. The van der Waals surface area contributed by atoms with E-state index in [1.165, 1.54) is 33.5 Å². The number of hydrogen-bond donors (Lipinski definition) is 0. The Hall–Kier alpha value is -1.77. The number of hydrogen-bond acceptors (Lipinski definition) is 6. The fraction of sp³-hybridized carbons (Fsp3) is 0.300. The molecule has 1 saturated heterocycles. The van der Waals surface area contributed by atoms with Gasteiger partial charge in [-0.3, -0.25) is 4.79 Å². The smallest absolute Gasteiger partial charge is 0.233 e. The summed E-state index contributed by atoms with van der Waals surface area (Å²) in [6.07, 6.45) is 2.08. The molecular weight excluding hydrogens is 413 g/mol. The zero-order valence-corrected chi connectivity index (χ0v) is 17.9. The van der Waals surface area contributed by atoms with Crippen LogP contribution in [0.2, 0.25) is 0 Å². The first-order valence-corrected chi connectivity index (χ1v) is 12.0. The van der Waals surface area contributed by atoms with Gasteiger partial charge in [-0.25, -0.2) is 9.37 Å². The number of anilines is 1. The van der Waals surface area contributed by atoms with Crippen molar-refractivity contribution in [2.24, 2.45) is 0 Å². The molecule has 2 aromatic carbocycles. The van der Waals surface area contributed by atoms with Crippen LogP contribution in [0.25, 0.3) is 10.2 Å². The Balaban J connectivity index is 1.32. The van der Waals surface area contributed by atoms with E-state index < -0.39 is 0 Å². The van der Waals surface area contributed by atoms with E-state index in [0.29, 0.717) is 18.8 Å². The van der Waals surface area contributed by atoms with E-state index in [0.717, 1.165) is 28.6 Å². The van der Waals surface area contributed by atoms with Crippen molar-refractivity contribution in [3.05, 3.63) is 48.3 Å². The van der Waals surface area contributed by atoms with Crippen LogP contribution in [-0.2, 0) is 4.79 Å². The third-order valence-electron chi connectivity index (χ3n) is 4.66. The van der Waals surface area contributed by atoms with Gasteiger partial charge in [-0.05, 0) is 48.7 Å². The predicted octanol–water partition coefficient (Wildman–Crippen LogP) is 4.60. The van der Waals surface area contributed by atoms with Gasteiger partial charge in [0.2, 0.25) is 5.91 Å². The molecule has 0 aliphatic carbocycles. The standard InChI is InChI=1S/C20H20FN3OS3/c1-26-16-6-7-17-18(12-16)28-20(22-17)24-10-8-23(9-11-24)19(25)13-27-15-4-2-14(21)3-5-15/h2-7,12H,8-11,13H2,1H3. The Labute approximate surface area is 176 Å². The maximum Gasteiger partial charge on any atom is 0.233 e. The first-order chi connectivity index (χ1) is 13.6. The first-order valence-electron chi connectivity index (χ1n) is 8.98. The molecule has 0 saturated carbocycles. The van der Waals surface area contributed by atoms with Crippen molar-refractivity contribution in [1.29, 1.82) is 0 Å². The highest BCUT2D eigenvalue weighted by atomic mass is 32.2. The number of halogens is 1. The van der Waals surface area contributed by atoms with Crippen LogP contribution in [0.1, 0.15) is 0 Å². The van der Waals surface area contributed by atoms with Gasteiger partial charge in [0.15, 0.2) is 5.13 Å². The summed E-state index contributed by atoms with van der Waals surface area (Å²) >= 11 is 4.90. The zero-order chi connectivity index (χ0) is 19.5. The number of fused-ring (bicyclic) bond motifs is 1. The van der Waals surface area contributed by atoms with E-state index in [1.807, 2.05) is 4.90 Å². The molecule has 0 bridgehead atoms. The Kier molecular flexibility index (Phi) is 6.08. The number of thioether (sulfide) groups is 2. The molecule has 0 spiro atoms. The largest absolute Gasteiger partial charge is 0.345 e. The number of amides is 1. The second kappa shape index (κ2) is 8.71. The molecule has 4 rings (SSSR count). The van der Waals surface area contributed by atoms with Crippen LogP contribution in [0.15, 0.2) is 52.3 Å². The molecule has 1 aromatic heterocycles. The second-order valence-electron chi connectivity index (χ2n) is 6.44. The Morgan fingerprint density at radius 2 is 1.82 bits per heavy atom. The number of aromatic nitrogens is 1. The molecule has 28 heavy (non-hydrogen) atoms. The quantitative estimate of drug-likeness (QED) is 0.550. The van der Waals surface area contributed by atoms with Gasteiger partial charge in [0.05, 0.1) is 16.0 Å². The van der Waals surface area contributed by atoms with E-state index in [4.69, 9.17) is 4.98 Å². The van der Waals surface area contributed by atoms with Crippen molar-refractivity contribution in [2.75, 3.05) is 43.1 Å². The molecule has 2 heterocycles. The third kappa shape index (κ3) is 4.45. The summed E-state index contributed by atoms with van der Waals surface area (Å²) in [6, 6.07) is 12.6. The average Bonchev–Trinajstić information content (AvgIpc) is 3.16. The van der Waals surface area contributed by atoms with Crippen LogP contribution < -0.4 is 4.90 Å². The molecule has 0 unspecified atom stereocenters. The average molecular weight is 434 g/mol. The lowest BCUT2D eigenvalue weighted by atomic mass is 10.3. The fourth-order valence-electron chi connectivity index (χ4n) is 3.07. The first kappa shape index (κ1) is 19.5. The van der Waals surface area contributed by atoms with Crippen LogP contribution in [0.4, 0.5) is 9.52 Å². The van der Waals surface area contributed by atoms with Gasteiger partial charge in [-0.15, -0.1) is 23.5 Å². The molecule has 1 aliphatic rings. The SMILES string of the molecule is CSc1ccc2nc(N3CCN(C(=O)CSc4ccc(F)cc4)CC3)sc2c1. The highest BCUT2D eigenvalue weighted by molar-refractivity contribution is 8.00. The lowest BCUT2D eigenvalue weighted by Crippen LogP contribution is -2.49. The lowest BCUT2D eigenvalue weighted by molar-refractivity contribution is -0.128. The van der Waals surface area contributed by atoms with Gasteiger partial charge in [0.25, 0.3) is 0 Å². The van der Waals surface area contributed by atoms with E-state index in [1.54, 1.807) is 35.2 Å². The minimum Gasteiger partial charge on any atom is -0.345 e. The maximum atomic E-state index is 13.0. The van der Waals surface area contributed by atoms with Gasteiger partial charge in [0, 0.05) is 36.0 Å². The van der Waals surface area contributed by atoms with Gasteiger partial charge in [0.1, 0.15) is 5.82 Å². The van der Waals surface area contributed by atoms with E-state index in [2.05, 4.69) is 29.4 Å². The normalized spacial score (nSPS) is 14.6. The van der Waals surface area contributed by atoms with Crippen LogP contribution in [0, 0.1) is 5.82 Å². The minimum atomic E-state index is -0.258. The van der Waals surface area contributed by atoms with Gasteiger partial charge in [-0.2, -0.15) is 0 Å². The molecule has 8 heteroatoms. The van der Waals surface area contributed by atoms with Crippen molar-refractivity contribution >= 4 is 56.1 Å². The van der Waals surface area contributed by atoms with Gasteiger partial charge in [-0.1, -0.05) is 11.3 Å². The minimum absolute atomic E-state index is 0.128. The molecule has 1 aliphatic heterocycles. The van der Waals surface area contributed by atoms with Crippen LogP contribution in [0.3, 0.4) is 0 Å². The summed E-state index contributed by atoms with van der Waals surface area (Å²) < 4.78 is 14.2. The van der Waals surface area contributed by atoms with Gasteiger partial charge >= 0.3 is 0 Å². The number of carbonyl (C=O) groups is 1. The lowest BCUT2D eigenvalue weighted by Gasteiger charge is -2.34. The van der Waals surface area contributed by atoms with E-state index >= 15 is 0 Å². The second-order valence-corrected chi connectivity index (χ2v) is 9.38. The van der Waals surface area contributed by atoms with Gasteiger partial charge < -0.3 is 9.80 Å². The molecule has 146 valence electrons.